The zero-order chi connectivity index (χ0) is 16.2. The number of ether oxygens (including phenoxy) is 1. The molecule has 0 aromatic heterocycles. The molecule has 0 bridgehead atoms. The van der Waals surface area contributed by atoms with Gasteiger partial charge in [-0.05, 0) is 48.0 Å². The minimum atomic E-state index is -0.266. The standard InChI is InChI=1S/C19H15ClFNO/c1-22-16-9-10-18(13-5-7-15(21)8-6-13)19(12-16)23-17-4-2-3-14(20)11-17/h2-12,22H,1H3. The highest BCUT2D eigenvalue weighted by Crippen LogP contribution is 2.36. The van der Waals surface area contributed by atoms with Crippen LogP contribution in [0.4, 0.5) is 10.1 Å². The Morgan fingerprint density at radius 1 is 0.957 bits per heavy atom. The van der Waals surface area contributed by atoms with E-state index in [0.717, 1.165) is 16.8 Å². The molecule has 2 nitrogen and oxygen atoms in total. The Morgan fingerprint density at radius 2 is 1.74 bits per heavy atom. The molecule has 0 saturated carbocycles. The van der Waals surface area contributed by atoms with Crippen molar-refractivity contribution in [2.24, 2.45) is 0 Å². The van der Waals surface area contributed by atoms with E-state index in [4.69, 9.17) is 16.3 Å². The third-order valence-corrected chi connectivity index (χ3v) is 3.68. The summed E-state index contributed by atoms with van der Waals surface area (Å²) in [6.07, 6.45) is 0. The van der Waals surface area contributed by atoms with Crippen molar-refractivity contribution in [2.75, 3.05) is 12.4 Å². The van der Waals surface area contributed by atoms with Gasteiger partial charge in [-0.3, -0.25) is 0 Å². The molecule has 0 saturated heterocycles. The van der Waals surface area contributed by atoms with E-state index in [9.17, 15) is 4.39 Å². The predicted octanol–water partition coefficient (Wildman–Crippen LogP) is 5.98. The van der Waals surface area contributed by atoms with E-state index in [-0.39, 0.29) is 5.82 Å². The van der Waals surface area contributed by atoms with Crippen LogP contribution in [0.15, 0.2) is 66.7 Å². The van der Waals surface area contributed by atoms with E-state index in [1.165, 1.54) is 12.1 Å². The highest BCUT2D eigenvalue weighted by molar-refractivity contribution is 6.30. The van der Waals surface area contributed by atoms with E-state index >= 15 is 0 Å². The van der Waals surface area contributed by atoms with Crippen LogP contribution in [0.2, 0.25) is 5.02 Å². The summed E-state index contributed by atoms with van der Waals surface area (Å²) in [7, 11) is 1.84. The Morgan fingerprint density at radius 3 is 2.43 bits per heavy atom. The number of benzene rings is 3. The van der Waals surface area contributed by atoms with Gasteiger partial charge in [0.15, 0.2) is 0 Å². The first kappa shape index (κ1) is 15.4. The van der Waals surface area contributed by atoms with Crippen LogP contribution in [0.3, 0.4) is 0 Å². The second-order valence-corrected chi connectivity index (χ2v) is 5.46. The summed E-state index contributed by atoms with van der Waals surface area (Å²) >= 11 is 6.01. The lowest BCUT2D eigenvalue weighted by atomic mass is 10.0. The van der Waals surface area contributed by atoms with E-state index in [0.29, 0.717) is 16.5 Å². The summed E-state index contributed by atoms with van der Waals surface area (Å²) < 4.78 is 19.2. The molecule has 0 heterocycles. The number of anilines is 1. The lowest BCUT2D eigenvalue weighted by Gasteiger charge is -2.13. The fraction of sp³-hybridized carbons (Fsp3) is 0.0526. The molecule has 3 aromatic carbocycles. The van der Waals surface area contributed by atoms with Crippen LogP contribution in [0.25, 0.3) is 11.1 Å². The molecule has 0 atom stereocenters. The Balaban J connectivity index is 2.04. The Labute approximate surface area is 139 Å². The van der Waals surface area contributed by atoms with Gasteiger partial charge < -0.3 is 10.1 Å². The molecule has 0 amide bonds. The van der Waals surface area contributed by atoms with E-state index < -0.39 is 0 Å². The summed E-state index contributed by atoms with van der Waals surface area (Å²) in [5, 5.41) is 3.69. The highest BCUT2D eigenvalue weighted by atomic mass is 35.5. The maximum absolute atomic E-state index is 13.2. The predicted molar refractivity (Wildman–Crippen MR) is 92.9 cm³/mol. The molecule has 0 aliphatic heterocycles. The fourth-order valence-electron chi connectivity index (χ4n) is 2.29. The van der Waals surface area contributed by atoms with E-state index in [1.807, 2.05) is 37.4 Å². The van der Waals surface area contributed by atoms with Crippen LogP contribution in [0.1, 0.15) is 0 Å². The van der Waals surface area contributed by atoms with Crippen molar-refractivity contribution in [3.05, 3.63) is 77.6 Å². The largest absolute Gasteiger partial charge is 0.457 e. The van der Waals surface area contributed by atoms with Gasteiger partial charge in [0.1, 0.15) is 17.3 Å². The molecule has 116 valence electrons. The minimum Gasteiger partial charge on any atom is -0.457 e. The first-order chi connectivity index (χ1) is 11.2. The van der Waals surface area contributed by atoms with Gasteiger partial charge in [-0.15, -0.1) is 0 Å². The summed E-state index contributed by atoms with van der Waals surface area (Å²) in [6, 6.07) is 19.3. The molecule has 0 fully saturated rings. The van der Waals surface area contributed by atoms with Crippen molar-refractivity contribution in [2.45, 2.75) is 0 Å². The zero-order valence-electron chi connectivity index (χ0n) is 12.5. The second-order valence-electron chi connectivity index (χ2n) is 5.03. The quantitative estimate of drug-likeness (QED) is 0.636. The minimum absolute atomic E-state index is 0.266. The molecule has 3 rings (SSSR count). The van der Waals surface area contributed by atoms with Crippen LogP contribution in [-0.2, 0) is 0 Å². The van der Waals surface area contributed by atoms with Gasteiger partial charge in [-0.2, -0.15) is 0 Å². The van der Waals surface area contributed by atoms with Crippen molar-refractivity contribution in [3.63, 3.8) is 0 Å². The van der Waals surface area contributed by atoms with Crippen LogP contribution in [0, 0.1) is 5.82 Å². The van der Waals surface area contributed by atoms with E-state index in [1.54, 1.807) is 24.3 Å². The van der Waals surface area contributed by atoms with Gasteiger partial charge in [0.25, 0.3) is 0 Å². The van der Waals surface area contributed by atoms with Crippen molar-refractivity contribution >= 4 is 17.3 Å². The molecule has 3 aromatic rings. The van der Waals surface area contributed by atoms with Gasteiger partial charge >= 0.3 is 0 Å². The molecule has 0 aliphatic rings. The lowest BCUT2D eigenvalue weighted by Crippen LogP contribution is -1.93. The Kier molecular flexibility index (Phi) is 4.49. The molecular formula is C19H15ClFNO. The number of rotatable bonds is 4. The summed E-state index contributed by atoms with van der Waals surface area (Å²) in [5.74, 6) is 1.05. The number of halogens is 2. The fourth-order valence-corrected chi connectivity index (χ4v) is 2.47. The van der Waals surface area contributed by atoms with Gasteiger partial charge in [0.05, 0.1) is 0 Å². The van der Waals surface area contributed by atoms with Crippen LogP contribution < -0.4 is 10.1 Å². The molecule has 23 heavy (non-hydrogen) atoms. The van der Waals surface area contributed by atoms with E-state index in [2.05, 4.69) is 5.32 Å². The molecule has 0 unspecified atom stereocenters. The monoisotopic (exact) mass is 327 g/mol. The first-order valence-corrected chi connectivity index (χ1v) is 7.54. The highest BCUT2D eigenvalue weighted by Gasteiger charge is 2.09. The average Bonchev–Trinajstić information content (AvgIpc) is 2.56. The maximum atomic E-state index is 13.2. The number of nitrogens with one attached hydrogen (secondary N) is 1. The van der Waals surface area contributed by atoms with Crippen molar-refractivity contribution in [1.29, 1.82) is 0 Å². The van der Waals surface area contributed by atoms with Crippen molar-refractivity contribution < 1.29 is 9.13 Å². The molecule has 0 aliphatic carbocycles. The first-order valence-electron chi connectivity index (χ1n) is 7.17. The van der Waals surface area contributed by atoms with Crippen molar-refractivity contribution in [1.82, 2.24) is 0 Å². The molecular weight excluding hydrogens is 313 g/mol. The molecule has 4 heteroatoms. The van der Waals surface area contributed by atoms with Gasteiger partial charge in [0.2, 0.25) is 0 Å². The zero-order valence-corrected chi connectivity index (χ0v) is 13.3. The summed E-state index contributed by atoms with van der Waals surface area (Å²) in [5.41, 5.74) is 2.68. The van der Waals surface area contributed by atoms with Gasteiger partial charge in [-0.25, -0.2) is 4.39 Å². The molecule has 1 N–H and O–H groups in total. The van der Waals surface area contributed by atoms with Crippen LogP contribution in [0.5, 0.6) is 11.5 Å². The third-order valence-electron chi connectivity index (χ3n) is 3.45. The smallest absolute Gasteiger partial charge is 0.137 e. The topological polar surface area (TPSA) is 21.3 Å². The Hall–Kier alpha value is -2.52. The Bertz CT molecular complexity index is 818. The number of hydrogen-bond donors (Lipinski definition) is 1. The summed E-state index contributed by atoms with van der Waals surface area (Å²) in [6.45, 7) is 0. The van der Waals surface area contributed by atoms with Crippen LogP contribution >= 0.6 is 11.6 Å². The van der Waals surface area contributed by atoms with Crippen molar-refractivity contribution in [3.8, 4) is 22.6 Å². The normalized spacial score (nSPS) is 10.4. The van der Waals surface area contributed by atoms with Gasteiger partial charge in [0, 0.05) is 29.4 Å². The summed E-state index contributed by atoms with van der Waals surface area (Å²) in [4.78, 5) is 0. The second kappa shape index (κ2) is 6.71. The maximum Gasteiger partial charge on any atom is 0.137 e. The number of hydrogen-bond acceptors (Lipinski definition) is 2. The SMILES string of the molecule is CNc1ccc(-c2ccc(F)cc2)c(Oc2cccc(Cl)c2)c1. The molecule has 0 radical (unpaired) electrons. The molecule has 0 spiro atoms. The third kappa shape index (κ3) is 3.63. The van der Waals surface area contributed by atoms with Crippen LogP contribution in [-0.4, -0.2) is 7.05 Å². The van der Waals surface area contributed by atoms with Gasteiger partial charge in [-0.1, -0.05) is 29.8 Å². The average molecular weight is 328 g/mol. The lowest BCUT2D eigenvalue weighted by molar-refractivity contribution is 0.485.